The Bertz CT molecular complexity index is 1290. The van der Waals surface area contributed by atoms with Crippen molar-refractivity contribution < 1.29 is 63.1 Å². The quantitative estimate of drug-likeness (QED) is 0.0147. The molecule has 1 aliphatic rings. The van der Waals surface area contributed by atoms with E-state index in [1.54, 1.807) is 0 Å². The molecule has 13 nitrogen and oxygen atoms in total. The molecular formula is C49H87O13P. The number of hydrogen-bond donors (Lipinski definition) is 6. The molecule has 1 saturated carbocycles. The van der Waals surface area contributed by atoms with Crippen molar-refractivity contribution in [1.82, 2.24) is 0 Å². The Morgan fingerprint density at radius 1 is 0.508 bits per heavy atom. The van der Waals surface area contributed by atoms with Crippen LogP contribution in [0.4, 0.5) is 0 Å². The molecule has 1 fully saturated rings. The van der Waals surface area contributed by atoms with Gasteiger partial charge in [0.25, 0.3) is 0 Å². The molecule has 7 unspecified atom stereocenters. The number of phosphoric ester groups is 1. The molecule has 1 rings (SSSR count). The number of carbonyl (C=O) groups excluding carboxylic acids is 2. The van der Waals surface area contributed by atoms with Crippen LogP contribution in [-0.4, -0.2) is 98.3 Å². The average molecular weight is 915 g/mol. The topological polar surface area (TPSA) is 210 Å². The van der Waals surface area contributed by atoms with Crippen LogP contribution < -0.4 is 0 Å². The number of hydrogen-bond acceptors (Lipinski definition) is 12. The van der Waals surface area contributed by atoms with Crippen LogP contribution >= 0.6 is 7.82 Å². The number of allylic oxidation sites excluding steroid dienone is 8. The lowest BCUT2D eigenvalue weighted by molar-refractivity contribution is -0.220. The Balaban J connectivity index is 2.39. The largest absolute Gasteiger partial charge is 0.472 e. The van der Waals surface area contributed by atoms with Gasteiger partial charge in [0.05, 0.1) is 6.61 Å². The summed E-state index contributed by atoms with van der Waals surface area (Å²) < 4.78 is 33.5. The average Bonchev–Trinajstić information content (AvgIpc) is 3.26. The summed E-state index contributed by atoms with van der Waals surface area (Å²) >= 11 is 0. The van der Waals surface area contributed by atoms with Crippen molar-refractivity contribution in [3.63, 3.8) is 0 Å². The van der Waals surface area contributed by atoms with Crippen LogP contribution in [0.2, 0.25) is 0 Å². The van der Waals surface area contributed by atoms with Crippen molar-refractivity contribution in [2.24, 2.45) is 0 Å². The molecule has 0 bridgehead atoms. The van der Waals surface area contributed by atoms with E-state index >= 15 is 0 Å². The summed E-state index contributed by atoms with van der Waals surface area (Å²) in [5, 5.41) is 50.2. The predicted octanol–water partition coefficient (Wildman–Crippen LogP) is 9.95. The maximum atomic E-state index is 12.8. The van der Waals surface area contributed by atoms with Crippen molar-refractivity contribution in [2.75, 3.05) is 13.2 Å². The third-order valence-electron chi connectivity index (χ3n) is 11.3. The number of unbranched alkanes of at least 4 members (excludes halogenated alkanes) is 23. The van der Waals surface area contributed by atoms with Gasteiger partial charge in [0, 0.05) is 12.8 Å². The zero-order valence-electron chi connectivity index (χ0n) is 38.9. The van der Waals surface area contributed by atoms with Gasteiger partial charge in [0.15, 0.2) is 6.10 Å². The zero-order chi connectivity index (χ0) is 46.4. The van der Waals surface area contributed by atoms with Gasteiger partial charge in [0.1, 0.15) is 43.2 Å². The Morgan fingerprint density at radius 2 is 0.905 bits per heavy atom. The van der Waals surface area contributed by atoms with Gasteiger partial charge in [-0.1, -0.05) is 197 Å². The molecule has 0 heterocycles. The summed E-state index contributed by atoms with van der Waals surface area (Å²) in [6, 6.07) is 0. The van der Waals surface area contributed by atoms with Crippen molar-refractivity contribution in [3.8, 4) is 0 Å². The van der Waals surface area contributed by atoms with E-state index in [9.17, 15) is 44.6 Å². The fraction of sp³-hybridized carbons (Fsp3) is 0.796. The third-order valence-corrected chi connectivity index (χ3v) is 12.3. The van der Waals surface area contributed by atoms with E-state index in [4.69, 9.17) is 18.5 Å². The summed E-state index contributed by atoms with van der Waals surface area (Å²) in [5.41, 5.74) is 0. The first-order valence-electron chi connectivity index (χ1n) is 24.5. The fourth-order valence-electron chi connectivity index (χ4n) is 7.36. The van der Waals surface area contributed by atoms with Gasteiger partial charge in [-0.05, 0) is 32.1 Å². The molecule has 6 N–H and O–H groups in total. The predicted molar refractivity (Wildman–Crippen MR) is 249 cm³/mol. The highest BCUT2D eigenvalue weighted by Gasteiger charge is 2.51. The van der Waals surface area contributed by atoms with Crippen LogP contribution in [-0.2, 0) is 32.7 Å². The van der Waals surface area contributed by atoms with E-state index in [1.165, 1.54) is 109 Å². The molecule has 0 aromatic rings. The Kier molecular flexibility index (Phi) is 36.4. The van der Waals surface area contributed by atoms with E-state index in [1.807, 2.05) is 42.5 Å². The third kappa shape index (κ3) is 31.4. The van der Waals surface area contributed by atoms with E-state index in [-0.39, 0.29) is 12.8 Å². The van der Waals surface area contributed by atoms with Crippen molar-refractivity contribution in [2.45, 2.75) is 236 Å². The van der Waals surface area contributed by atoms with Crippen molar-refractivity contribution >= 4 is 19.8 Å². The van der Waals surface area contributed by atoms with Crippen LogP contribution in [0.5, 0.6) is 0 Å². The van der Waals surface area contributed by atoms with E-state index in [0.717, 1.165) is 44.9 Å². The summed E-state index contributed by atoms with van der Waals surface area (Å²) in [6.45, 7) is 3.14. The Hall–Kier alpha value is -2.19. The standard InChI is InChI=1S/C49H87O13P/c1-3-5-7-9-11-13-15-17-18-19-20-21-22-23-24-26-27-29-31-33-35-37-42(50)59-39-41(40-60-63(57,58)62-49-47(55)45(53)44(52)46(54)48(49)56)61-43(51)38-36-34-32-30-28-25-16-14-12-10-8-6-4-2/h6,8,10,12,14,16,25,28,41,44-49,52-56H,3-5,7,9,11,13,15,17-24,26-27,29-40H2,1-2H3,(H,57,58)/b8-6+,12-10+,16-14+,28-25+/t41?,44?,45-,46?,47?,48?,49?/m0/s1. The lowest BCUT2D eigenvalue weighted by atomic mass is 9.85. The molecule has 14 heteroatoms. The fourth-order valence-corrected chi connectivity index (χ4v) is 8.33. The van der Waals surface area contributed by atoms with Crippen molar-refractivity contribution in [1.29, 1.82) is 0 Å². The molecule has 0 amide bonds. The smallest absolute Gasteiger partial charge is 0.462 e. The lowest BCUT2D eigenvalue weighted by Crippen LogP contribution is -2.64. The maximum absolute atomic E-state index is 12.8. The second kappa shape index (κ2) is 39.0. The van der Waals surface area contributed by atoms with Gasteiger partial charge in [0.2, 0.25) is 0 Å². The second-order valence-corrected chi connectivity index (χ2v) is 18.4. The van der Waals surface area contributed by atoms with E-state index in [2.05, 4.69) is 19.9 Å². The molecule has 0 aliphatic heterocycles. The molecule has 366 valence electrons. The molecule has 0 saturated heterocycles. The summed E-state index contributed by atoms with van der Waals surface area (Å²) in [5.74, 6) is -1.14. The van der Waals surface area contributed by atoms with Gasteiger partial charge >= 0.3 is 19.8 Å². The van der Waals surface area contributed by atoms with Crippen LogP contribution in [0.15, 0.2) is 48.6 Å². The normalized spacial score (nSPS) is 22.1. The summed E-state index contributed by atoms with van der Waals surface area (Å²) in [4.78, 5) is 35.7. The molecule has 0 radical (unpaired) electrons. The first kappa shape index (κ1) is 58.8. The first-order valence-corrected chi connectivity index (χ1v) is 26.0. The van der Waals surface area contributed by atoms with E-state index < -0.39 is 75.7 Å². The second-order valence-electron chi connectivity index (χ2n) is 17.0. The molecule has 0 aromatic heterocycles. The number of ether oxygens (including phenoxy) is 2. The van der Waals surface area contributed by atoms with Gasteiger partial charge in [-0.2, -0.15) is 0 Å². The Morgan fingerprint density at radius 3 is 1.38 bits per heavy atom. The highest BCUT2D eigenvalue weighted by Crippen LogP contribution is 2.47. The molecule has 1 aliphatic carbocycles. The number of phosphoric acid groups is 1. The molecular weight excluding hydrogens is 828 g/mol. The number of aliphatic hydroxyl groups is 5. The number of rotatable bonds is 40. The SMILES string of the molecule is CC/C=C/C=C/C=C/C=C/CCCCCC(=O)OC(COC(=O)CCCCCCCCCCCCCCCCCCCCCCC)COP(=O)(O)OC1C(O)C(O)C(O)[C@H](O)C1O. The van der Waals surface area contributed by atoms with Crippen LogP contribution in [0.3, 0.4) is 0 Å². The number of aliphatic hydroxyl groups excluding tert-OH is 5. The molecule has 0 spiro atoms. The van der Waals surface area contributed by atoms with Crippen molar-refractivity contribution in [3.05, 3.63) is 48.6 Å². The minimum absolute atomic E-state index is 0.0510. The number of esters is 2. The minimum atomic E-state index is -5.13. The lowest BCUT2D eigenvalue weighted by Gasteiger charge is -2.41. The Labute approximate surface area is 380 Å². The van der Waals surface area contributed by atoms with Crippen LogP contribution in [0, 0.1) is 0 Å². The van der Waals surface area contributed by atoms with Gasteiger partial charge in [-0.3, -0.25) is 18.6 Å². The van der Waals surface area contributed by atoms with Gasteiger partial charge < -0.3 is 39.9 Å². The highest BCUT2D eigenvalue weighted by molar-refractivity contribution is 7.47. The first-order chi connectivity index (χ1) is 30.4. The maximum Gasteiger partial charge on any atom is 0.472 e. The highest BCUT2D eigenvalue weighted by atomic mass is 31.2. The zero-order valence-corrected chi connectivity index (χ0v) is 39.8. The van der Waals surface area contributed by atoms with Gasteiger partial charge in [-0.15, -0.1) is 0 Å². The summed E-state index contributed by atoms with van der Waals surface area (Å²) in [6.07, 6.45) is 33.2. The minimum Gasteiger partial charge on any atom is -0.462 e. The van der Waals surface area contributed by atoms with E-state index in [0.29, 0.717) is 12.8 Å². The van der Waals surface area contributed by atoms with Crippen LogP contribution in [0.1, 0.15) is 194 Å². The number of carbonyl (C=O) groups is 2. The molecule has 0 aromatic carbocycles. The summed E-state index contributed by atoms with van der Waals surface area (Å²) in [7, 11) is -5.13. The molecule has 8 atom stereocenters. The molecule has 63 heavy (non-hydrogen) atoms. The van der Waals surface area contributed by atoms with Gasteiger partial charge in [-0.25, -0.2) is 4.57 Å². The monoisotopic (exact) mass is 915 g/mol. The van der Waals surface area contributed by atoms with Crippen LogP contribution in [0.25, 0.3) is 0 Å².